The predicted octanol–water partition coefficient (Wildman–Crippen LogP) is 11.3. The maximum atomic E-state index is 13.3. The minimum Gasteiger partial charge on any atom is -0.465 e. The summed E-state index contributed by atoms with van der Waals surface area (Å²) in [4.78, 5) is 49.3. The van der Waals surface area contributed by atoms with E-state index < -0.39 is 17.8 Å². The fourth-order valence-corrected chi connectivity index (χ4v) is 8.90. The van der Waals surface area contributed by atoms with Crippen LogP contribution in [0.1, 0.15) is 94.4 Å². The molecular formula is C60H62N10O12. The van der Waals surface area contributed by atoms with E-state index in [2.05, 4.69) is 43.7 Å². The van der Waals surface area contributed by atoms with Gasteiger partial charge in [0.2, 0.25) is 11.8 Å². The molecule has 2 fully saturated rings. The number of rotatable bonds is 16. The number of oxime groups is 2. The number of nitriles is 2. The Hall–Kier alpha value is -10.5. The molecule has 2 aliphatic rings. The monoisotopic (exact) mass is 1110 g/mol. The molecule has 11 N–H and O–H groups in total. The molecule has 0 bridgehead atoms. The van der Waals surface area contributed by atoms with Crippen molar-refractivity contribution < 1.29 is 58.4 Å². The van der Waals surface area contributed by atoms with Crippen molar-refractivity contribution in [3.05, 3.63) is 156 Å². The van der Waals surface area contributed by atoms with E-state index in [0.717, 1.165) is 0 Å². The number of carbonyl (C=O) groups is 4. The maximum Gasteiger partial charge on any atom is 0.407 e. The lowest BCUT2D eigenvalue weighted by atomic mass is 9.85. The Kier molecular flexibility index (Phi) is 20.1. The molecular weight excluding hydrogens is 1050 g/mol. The third-order valence-corrected chi connectivity index (χ3v) is 13.0. The Morgan fingerprint density at radius 2 is 0.817 bits per heavy atom. The van der Waals surface area contributed by atoms with Gasteiger partial charge in [-0.1, -0.05) is 10.3 Å². The predicted molar refractivity (Wildman–Crippen MR) is 303 cm³/mol. The van der Waals surface area contributed by atoms with Crippen molar-refractivity contribution in [3.63, 3.8) is 0 Å². The van der Waals surface area contributed by atoms with E-state index in [1.54, 1.807) is 133 Å². The van der Waals surface area contributed by atoms with E-state index in [1.807, 2.05) is 20.8 Å². The molecule has 22 nitrogen and oxygen atoms in total. The number of anilines is 2. The van der Waals surface area contributed by atoms with Crippen LogP contribution in [0.15, 0.2) is 144 Å². The number of benzene rings is 6. The molecule has 8 rings (SSSR count). The van der Waals surface area contributed by atoms with Crippen molar-refractivity contribution in [2.75, 3.05) is 10.6 Å². The number of nitrogens with zero attached hydrogens (tertiary/aromatic N) is 4. The standard InChI is InChI=1S/C32H38N6O7.C28H24N4O5/c1-32(2,3)45-31(40)36-22-10-4-21(5-11-22)30(39)35-23-16-26(43-24-12-6-19(7-13-24)28(33)37-41)18-27(17-23)44-25-14-8-20(9-15-25)29(34)38-42;29-16-18-1-9-23(10-2-18)36-25-13-22(14-26(15-25)37-24-11-3-19(17-30)4-12-24)31-27(33)20-5-7-21(8-6-20)32-28(34)35/h6-9,12-18,21-22,41-42H,4-5,10-11H2,1-3H3,(H2,33,37)(H2,34,38)(H,35,39)(H,36,40);1-4,9-15,20-21,32H,5-8H2,(H,31,33)(H,34,35). The van der Waals surface area contributed by atoms with Gasteiger partial charge in [-0.15, -0.1) is 0 Å². The average molecular weight is 1120 g/mol. The minimum absolute atomic E-state index is 0.0327. The zero-order chi connectivity index (χ0) is 58.8. The quantitative estimate of drug-likeness (QED) is 0.0188. The van der Waals surface area contributed by atoms with Crippen LogP contribution in [0.25, 0.3) is 0 Å². The van der Waals surface area contributed by atoms with Crippen molar-refractivity contribution >= 4 is 47.0 Å². The van der Waals surface area contributed by atoms with Crippen molar-refractivity contribution in [1.29, 1.82) is 10.5 Å². The summed E-state index contributed by atoms with van der Waals surface area (Å²) >= 11 is 0. The highest BCUT2D eigenvalue weighted by molar-refractivity contribution is 5.98. The first kappa shape index (κ1) is 59.2. The topological polar surface area (TPSA) is 348 Å². The molecule has 0 radical (unpaired) electrons. The molecule has 2 aliphatic carbocycles. The molecule has 0 aromatic heterocycles. The van der Waals surface area contributed by atoms with Crippen molar-refractivity contribution in [1.82, 2.24) is 10.6 Å². The number of amides is 4. The van der Waals surface area contributed by atoms with Crippen molar-refractivity contribution in [3.8, 4) is 58.1 Å². The first-order chi connectivity index (χ1) is 39.3. The third kappa shape index (κ3) is 18.0. The largest absolute Gasteiger partial charge is 0.465 e. The van der Waals surface area contributed by atoms with E-state index >= 15 is 0 Å². The van der Waals surface area contributed by atoms with Crippen LogP contribution in [-0.4, -0.2) is 68.9 Å². The molecule has 424 valence electrons. The molecule has 0 heterocycles. The number of hydrogen-bond donors (Lipinski definition) is 9. The van der Waals surface area contributed by atoms with Gasteiger partial charge in [-0.3, -0.25) is 9.59 Å². The lowest BCUT2D eigenvalue weighted by Crippen LogP contribution is -2.42. The summed E-state index contributed by atoms with van der Waals surface area (Å²) < 4.78 is 29.4. The maximum absolute atomic E-state index is 13.3. The van der Waals surface area contributed by atoms with E-state index in [-0.39, 0.29) is 47.4 Å². The molecule has 6 aromatic rings. The molecule has 0 aliphatic heterocycles. The summed E-state index contributed by atoms with van der Waals surface area (Å²) in [5.74, 6) is 2.71. The zero-order valence-electron chi connectivity index (χ0n) is 45.1. The van der Waals surface area contributed by atoms with Gasteiger partial charge in [-0.05, 0) is 169 Å². The fraction of sp³-hybridized carbons (Fsp3) is 0.267. The summed E-state index contributed by atoms with van der Waals surface area (Å²) in [7, 11) is 0. The van der Waals surface area contributed by atoms with Gasteiger partial charge in [0.05, 0.1) is 23.3 Å². The molecule has 0 saturated heterocycles. The summed E-state index contributed by atoms with van der Waals surface area (Å²) in [5, 5.41) is 62.1. The highest BCUT2D eigenvalue weighted by Gasteiger charge is 2.30. The number of alkyl carbamates (subject to hydrolysis) is 1. The second-order valence-corrected chi connectivity index (χ2v) is 20.3. The molecule has 0 atom stereocenters. The Bertz CT molecular complexity index is 3180. The average Bonchev–Trinajstić information content (AvgIpc) is 3.52. The number of ether oxygens (including phenoxy) is 5. The van der Waals surface area contributed by atoms with E-state index in [1.165, 1.54) is 0 Å². The first-order valence-corrected chi connectivity index (χ1v) is 26.1. The number of nitrogens with two attached hydrogens (primary N) is 2. The molecule has 4 amide bonds. The van der Waals surface area contributed by atoms with Gasteiger partial charge in [0, 0.05) is 82.8 Å². The van der Waals surface area contributed by atoms with Crippen LogP contribution in [0.2, 0.25) is 0 Å². The number of amidine groups is 2. The number of carbonyl (C=O) groups excluding carboxylic acids is 3. The zero-order valence-corrected chi connectivity index (χ0v) is 45.1. The summed E-state index contributed by atoms with van der Waals surface area (Å²) in [6.07, 6.45) is 3.34. The second-order valence-electron chi connectivity index (χ2n) is 20.3. The molecule has 0 spiro atoms. The van der Waals surface area contributed by atoms with Gasteiger partial charge < -0.3 is 71.9 Å². The smallest absolute Gasteiger partial charge is 0.407 e. The van der Waals surface area contributed by atoms with E-state index in [4.69, 9.17) is 61.2 Å². The van der Waals surface area contributed by atoms with E-state index in [0.29, 0.717) is 131 Å². The van der Waals surface area contributed by atoms with Gasteiger partial charge in [-0.25, -0.2) is 9.59 Å². The third-order valence-electron chi connectivity index (χ3n) is 13.0. The first-order valence-electron chi connectivity index (χ1n) is 26.1. The van der Waals surface area contributed by atoms with Gasteiger partial charge in [0.1, 0.15) is 51.6 Å². The Balaban J connectivity index is 0.000000240. The summed E-state index contributed by atoms with van der Waals surface area (Å²) in [6, 6.07) is 40.5. The molecule has 6 aromatic carbocycles. The van der Waals surface area contributed by atoms with Gasteiger partial charge in [0.15, 0.2) is 11.7 Å². The second kappa shape index (κ2) is 27.9. The van der Waals surface area contributed by atoms with Crippen molar-refractivity contribution in [2.45, 2.75) is 89.8 Å². The number of nitrogens with one attached hydrogen (secondary N) is 4. The normalized spacial score (nSPS) is 16.9. The lowest BCUT2D eigenvalue weighted by molar-refractivity contribution is -0.121. The van der Waals surface area contributed by atoms with Crippen LogP contribution in [0.4, 0.5) is 21.0 Å². The lowest BCUT2D eigenvalue weighted by Gasteiger charge is -2.29. The molecule has 2 saturated carbocycles. The van der Waals surface area contributed by atoms with E-state index in [9.17, 15) is 19.2 Å². The molecule has 82 heavy (non-hydrogen) atoms. The minimum atomic E-state index is -1.05. The van der Waals surface area contributed by atoms with Crippen LogP contribution >= 0.6 is 0 Å². The van der Waals surface area contributed by atoms with Crippen LogP contribution in [-0.2, 0) is 14.3 Å². The molecule has 0 unspecified atom stereocenters. The Labute approximate surface area is 472 Å². The van der Waals surface area contributed by atoms with Crippen LogP contribution < -0.4 is 51.7 Å². The van der Waals surface area contributed by atoms with Gasteiger partial charge >= 0.3 is 12.2 Å². The number of hydrogen-bond acceptors (Lipinski definition) is 15. The van der Waals surface area contributed by atoms with Crippen LogP contribution in [0.3, 0.4) is 0 Å². The summed E-state index contributed by atoms with van der Waals surface area (Å²) in [5.41, 5.74) is 13.7. The van der Waals surface area contributed by atoms with Crippen molar-refractivity contribution in [2.24, 2.45) is 33.6 Å². The Morgan fingerprint density at radius 3 is 1.11 bits per heavy atom. The Morgan fingerprint density at radius 1 is 0.500 bits per heavy atom. The molecule has 22 heteroatoms. The number of carboxylic acid groups (broad SMARTS) is 1. The van der Waals surface area contributed by atoms with Gasteiger partial charge in [0.25, 0.3) is 0 Å². The summed E-state index contributed by atoms with van der Waals surface area (Å²) in [6.45, 7) is 5.43. The highest BCUT2D eigenvalue weighted by atomic mass is 16.6. The van der Waals surface area contributed by atoms with Crippen LogP contribution in [0.5, 0.6) is 46.0 Å². The van der Waals surface area contributed by atoms with Crippen LogP contribution in [0, 0.1) is 34.5 Å². The van der Waals surface area contributed by atoms with Gasteiger partial charge in [-0.2, -0.15) is 10.5 Å². The fourth-order valence-electron chi connectivity index (χ4n) is 8.90. The SMILES string of the molecule is CC(C)(C)OC(=O)NC1CCC(C(=O)Nc2cc(Oc3ccc(C(N)=NO)cc3)cc(Oc3ccc(C(N)=NO)cc3)c2)CC1.N#Cc1ccc(Oc2cc(NC(=O)C3CCC(NC(=O)O)CC3)cc(Oc3ccc(C#N)cc3)c2)cc1. The highest BCUT2D eigenvalue weighted by Crippen LogP contribution is 2.36.